The van der Waals surface area contributed by atoms with Crippen molar-refractivity contribution in [3.8, 4) is 22.6 Å². The summed E-state index contributed by atoms with van der Waals surface area (Å²) in [6, 6.07) is 12.4. The SMILES string of the molecule is C=C(CO)C(=O)Oc1ccc(-c2ccc(OC(=O)C(=C)COC)c(C3OCC(C4CCC(CCC)CC4)CO3)c2)cc1. The Kier molecular flexibility index (Phi) is 11.5. The summed E-state index contributed by atoms with van der Waals surface area (Å²) in [6.07, 6.45) is 6.85. The van der Waals surface area contributed by atoms with E-state index in [2.05, 4.69) is 20.1 Å². The van der Waals surface area contributed by atoms with E-state index in [1.54, 1.807) is 18.2 Å². The molecule has 0 amide bonds. The molecule has 1 aliphatic carbocycles. The number of hydrogen-bond acceptors (Lipinski definition) is 8. The Morgan fingerprint density at radius 2 is 1.52 bits per heavy atom. The molecular formula is C34H42O8. The van der Waals surface area contributed by atoms with Gasteiger partial charge in [0.2, 0.25) is 0 Å². The van der Waals surface area contributed by atoms with Crippen LogP contribution in [0.2, 0.25) is 0 Å². The monoisotopic (exact) mass is 578 g/mol. The number of hydrogen-bond donors (Lipinski definition) is 1. The molecular weight excluding hydrogens is 536 g/mol. The maximum absolute atomic E-state index is 12.7. The zero-order valence-electron chi connectivity index (χ0n) is 24.6. The van der Waals surface area contributed by atoms with Crippen LogP contribution in [0.5, 0.6) is 11.5 Å². The van der Waals surface area contributed by atoms with E-state index in [9.17, 15) is 9.59 Å². The summed E-state index contributed by atoms with van der Waals surface area (Å²) in [7, 11) is 1.49. The van der Waals surface area contributed by atoms with E-state index in [0.29, 0.717) is 42.1 Å². The lowest BCUT2D eigenvalue weighted by Gasteiger charge is -2.38. The fourth-order valence-electron chi connectivity index (χ4n) is 5.70. The molecule has 2 fully saturated rings. The first kappa shape index (κ1) is 31.6. The topological polar surface area (TPSA) is 101 Å². The number of methoxy groups -OCH3 is 1. The van der Waals surface area contributed by atoms with Gasteiger partial charge in [0.15, 0.2) is 6.29 Å². The van der Waals surface area contributed by atoms with E-state index in [0.717, 1.165) is 17.0 Å². The van der Waals surface area contributed by atoms with Crippen molar-refractivity contribution in [3.05, 3.63) is 72.3 Å². The molecule has 8 heteroatoms. The molecule has 2 aromatic carbocycles. The van der Waals surface area contributed by atoms with Crippen molar-refractivity contribution in [3.63, 3.8) is 0 Å². The number of ether oxygens (including phenoxy) is 5. The van der Waals surface area contributed by atoms with Gasteiger partial charge < -0.3 is 28.8 Å². The summed E-state index contributed by atoms with van der Waals surface area (Å²) < 4.78 is 28.5. The smallest absolute Gasteiger partial charge is 0.341 e. The molecule has 1 N–H and O–H groups in total. The largest absolute Gasteiger partial charge is 0.423 e. The lowest BCUT2D eigenvalue weighted by Crippen LogP contribution is -2.34. The number of benzene rings is 2. The van der Waals surface area contributed by atoms with Crippen LogP contribution in [0.1, 0.15) is 57.3 Å². The van der Waals surface area contributed by atoms with Crippen molar-refractivity contribution in [1.82, 2.24) is 0 Å². The third-order valence-corrected chi connectivity index (χ3v) is 8.13. The van der Waals surface area contributed by atoms with Crippen molar-refractivity contribution in [2.24, 2.45) is 17.8 Å². The molecule has 1 saturated carbocycles. The van der Waals surface area contributed by atoms with Crippen LogP contribution in [0.4, 0.5) is 0 Å². The average molecular weight is 579 g/mol. The fraction of sp³-hybridized carbons (Fsp3) is 0.471. The van der Waals surface area contributed by atoms with E-state index >= 15 is 0 Å². The lowest BCUT2D eigenvalue weighted by atomic mass is 9.75. The molecule has 2 aromatic rings. The van der Waals surface area contributed by atoms with Gasteiger partial charge in [-0.05, 0) is 60.1 Å². The Morgan fingerprint density at radius 1 is 0.881 bits per heavy atom. The highest BCUT2D eigenvalue weighted by Crippen LogP contribution is 2.41. The summed E-state index contributed by atoms with van der Waals surface area (Å²) >= 11 is 0. The molecule has 0 radical (unpaired) electrons. The Hall–Kier alpha value is -3.30. The minimum atomic E-state index is -0.694. The van der Waals surface area contributed by atoms with Gasteiger partial charge in [-0.3, -0.25) is 0 Å². The summed E-state index contributed by atoms with van der Waals surface area (Å²) in [5, 5.41) is 9.09. The first-order valence-electron chi connectivity index (χ1n) is 14.7. The van der Waals surface area contributed by atoms with Gasteiger partial charge in [-0.25, -0.2) is 9.59 Å². The second kappa shape index (κ2) is 15.3. The molecule has 0 bridgehead atoms. The van der Waals surface area contributed by atoms with Gasteiger partial charge in [-0.15, -0.1) is 0 Å². The Bertz CT molecular complexity index is 1230. The van der Waals surface area contributed by atoms with Crippen LogP contribution in [0, 0.1) is 17.8 Å². The van der Waals surface area contributed by atoms with Crippen LogP contribution >= 0.6 is 0 Å². The zero-order chi connectivity index (χ0) is 30.1. The number of esters is 2. The maximum atomic E-state index is 12.7. The van der Waals surface area contributed by atoms with Crippen molar-refractivity contribution >= 4 is 11.9 Å². The molecule has 226 valence electrons. The van der Waals surface area contributed by atoms with Gasteiger partial charge in [0.25, 0.3) is 0 Å². The van der Waals surface area contributed by atoms with Gasteiger partial charge in [-0.1, -0.05) is 64.0 Å². The highest BCUT2D eigenvalue weighted by atomic mass is 16.7. The van der Waals surface area contributed by atoms with Gasteiger partial charge in [0, 0.05) is 13.0 Å². The van der Waals surface area contributed by atoms with Crippen LogP contribution in [-0.2, 0) is 23.8 Å². The van der Waals surface area contributed by atoms with E-state index in [4.69, 9.17) is 28.8 Å². The Morgan fingerprint density at radius 3 is 2.14 bits per heavy atom. The van der Waals surface area contributed by atoms with Crippen molar-refractivity contribution in [2.75, 3.05) is 33.5 Å². The minimum absolute atomic E-state index is 0.0269. The van der Waals surface area contributed by atoms with E-state index in [-0.39, 0.29) is 17.8 Å². The zero-order valence-corrected chi connectivity index (χ0v) is 24.6. The quantitative estimate of drug-likeness (QED) is 0.181. The molecule has 2 aliphatic rings. The predicted octanol–water partition coefficient (Wildman–Crippen LogP) is 6.18. The molecule has 8 nitrogen and oxygen atoms in total. The van der Waals surface area contributed by atoms with Crippen molar-refractivity contribution in [1.29, 1.82) is 0 Å². The first-order valence-corrected chi connectivity index (χ1v) is 14.7. The molecule has 1 aliphatic heterocycles. The third kappa shape index (κ3) is 8.16. The van der Waals surface area contributed by atoms with Gasteiger partial charge in [-0.2, -0.15) is 0 Å². The summed E-state index contributed by atoms with van der Waals surface area (Å²) in [4.78, 5) is 24.6. The van der Waals surface area contributed by atoms with Crippen LogP contribution < -0.4 is 9.47 Å². The molecule has 0 atom stereocenters. The number of rotatable bonds is 12. The first-order chi connectivity index (χ1) is 20.3. The second-order valence-electron chi connectivity index (χ2n) is 11.2. The molecule has 1 saturated heterocycles. The number of carbonyl (C=O) groups is 2. The van der Waals surface area contributed by atoms with Crippen molar-refractivity contribution < 1.29 is 38.4 Å². The Labute approximate surface area is 248 Å². The third-order valence-electron chi connectivity index (χ3n) is 8.13. The van der Waals surface area contributed by atoms with E-state index in [1.807, 2.05) is 24.3 Å². The van der Waals surface area contributed by atoms with Crippen molar-refractivity contribution in [2.45, 2.75) is 51.7 Å². The number of aliphatic hydroxyl groups is 1. The second-order valence-corrected chi connectivity index (χ2v) is 11.2. The molecule has 0 unspecified atom stereocenters. The standard InChI is InChI=1S/C34H42O8/c1-5-6-24-7-9-26(10-8-24)28-20-39-34(40-21-28)30-17-27(13-16-31(30)42-33(37)23(3)19-38-4)25-11-14-29(15-12-25)41-32(36)22(2)18-35/h11-17,24,26,28,34-35H,2-3,5-10,18-21H2,1,4H3. The van der Waals surface area contributed by atoms with Gasteiger partial charge in [0.1, 0.15) is 11.5 Å². The normalized spacial score (nSPS) is 22.3. The molecule has 1 heterocycles. The fourth-order valence-corrected chi connectivity index (χ4v) is 5.70. The van der Waals surface area contributed by atoms with E-state index in [1.165, 1.54) is 45.6 Å². The van der Waals surface area contributed by atoms with Gasteiger partial charge in [0.05, 0.1) is 43.1 Å². The summed E-state index contributed by atoms with van der Waals surface area (Å²) in [6.45, 7) is 10.3. The summed E-state index contributed by atoms with van der Waals surface area (Å²) in [5.74, 6) is 1.18. The van der Waals surface area contributed by atoms with Gasteiger partial charge >= 0.3 is 11.9 Å². The Balaban J connectivity index is 1.50. The molecule has 0 spiro atoms. The summed E-state index contributed by atoms with van der Waals surface area (Å²) in [5.41, 5.74) is 2.45. The molecule has 42 heavy (non-hydrogen) atoms. The average Bonchev–Trinajstić information content (AvgIpc) is 3.02. The highest BCUT2D eigenvalue weighted by Gasteiger charge is 2.33. The molecule has 0 aromatic heterocycles. The predicted molar refractivity (Wildman–Crippen MR) is 159 cm³/mol. The highest BCUT2D eigenvalue weighted by molar-refractivity contribution is 5.90. The van der Waals surface area contributed by atoms with Crippen LogP contribution in [0.25, 0.3) is 11.1 Å². The minimum Gasteiger partial charge on any atom is -0.423 e. The van der Waals surface area contributed by atoms with E-state index < -0.39 is 24.8 Å². The maximum Gasteiger partial charge on any atom is 0.341 e. The number of carbonyl (C=O) groups excluding carboxylic acids is 2. The van der Waals surface area contributed by atoms with Crippen LogP contribution in [0.3, 0.4) is 0 Å². The van der Waals surface area contributed by atoms with Crippen LogP contribution in [-0.4, -0.2) is 50.6 Å². The molecule has 4 rings (SSSR count). The lowest BCUT2D eigenvalue weighted by molar-refractivity contribution is -0.215. The van der Waals surface area contributed by atoms with Crippen LogP contribution in [0.15, 0.2) is 66.8 Å². The number of aliphatic hydroxyl groups excluding tert-OH is 1.